The molecule has 1 aliphatic heterocycles. The van der Waals surface area contributed by atoms with Gasteiger partial charge in [0.25, 0.3) is 0 Å². The highest BCUT2D eigenvalue weighted by Crippen LogP contribution is 2.44. The van der Waals surface area contributed by atoms with E-state index in [2.05, 4.69) is 17.8 Å². The third-order valence-electron chi connectivity index (χ3n) is 1.54. The van der Waals surface area contributed by atoms with E-state index in [1.807, 2.05) is 18.2 Å². The van der Waals surface area contributed by atoms with Crippen LogP contribution in [0.1, 0.15) is 0 Å². The molecule has 0 saturated heterocycles. The first-order valence-electron chi connectivity index (χ1n) is 3.13. The fraction of sp³-hybridized carbons (Fsp3) is 0.143. The highest BCUT2D eigenvalue weighted by Gasteiger charge is 2.13. The lowest BCUT2D eigenvalue weighted by molar-refractivity contribution is 0.483. The minimum Gasteiger partial charge on any atom is -0.255 e. The van der Waals surface area contributed by atoms with Crippen LogP contribution in [0.2, 0.25) is 0 Å². The van der Waals surface area contributed by atoms with E-state index in [0.717, 1.165) is 5.69 Å². The number of rotatable bonds is 0. The Balaban J connectivity index is 2.51. The molecule has 1 aliphatic rings. The Hall–Kier alpha value is -0.670. The third kappa shape index (κ3) is 0.786. The van der Waals surface area contributed by atoms with E-state index in [1.165, 1.54) is 4.90 Å². The molecule has 2 rings (SSSR count). The molecule has 1 N–H and O–H groups in total. The molecule has 2 nitrogen and oxygen atoms in total. The van der Waals surface area contributed by atoms with Gasteiger partial charge >= 0.3 is 0 Å². The van der Waals surface area contributed by atoms with Gasteiger partial charge in [0.15, 0.2) is 0 Å². The molecule has 1 heterocycles. The van der Waals surface area contributed by atoms with E-state index >= 15 is 0 Å². The zero-order valence-corrected chi connectivity index (χ0v) is 6.56. The van der Waals surface area contributed by atoms with Crippen molar-refractivity contribution in [1.82, 2.24) is 0 Å². The summed E-state index contributed by atoms with van der Waals surface area (Å²) in [5, 5.41) is 0. The molecule has 3 heteroatoms. The van der Waals surface area contributed by atoms with Gasteiger partial charge in [0.05, 0.1) is 5.69 Å². The summed E-state index contributed by atoms with van der Waals surface area (Å²) >= 11 is -0.392. The second-order valence-electron chi connectivity index (χ2n) is 2.21. The summed E-state index contributed by atoms with van der Waals surface area (Å²) in [6, 6.07) is 8.17. The SMILES string of the molecule is C[SH]1ONc2ccccc21. The fourth-order valence-electron chi connectivity index (χ4n) is 1.00. The molecule has 1 unspecified atom stereocenters. The highest BCUT2D eigenvalue weighted by molar-refractivity contribution is 8.12. The average Bonchev–Trinajstić information content (AvgIpc) is 2.34. The Labute approximate surface area is 62.7 Å². The highest BCUT2D eigenvalue weighted by atomic mass is 32.2. The van der Waals surface area contributed by atoms with E-state index < -0.39 is 11.2 Å². The van der Waals surface area contributed by atoms with Gasteiger partial charge in [0.1, 0.15) is 0 Å². The van der Waals surface area contributed by atoms with Gasteiger partial charge in [-0.2, -0.15) is 0 Å². The molecular formula is C7H9NOS. The van der Waals surface area contributed by atoms with Crippen molar-refractivity contribution in [2.75, 3.05) is 11.7 Å². The van der Waals surface area contributed by atoms with E-state index in [1.54, 1.807) is 0 Å². The molecule has 54 valence electrons. The van der Waals surface area contributed by atoms with Crippen LogP contribution in [0.25, 0.3) is 0 Å². The molecular weight excluding hydrogens is 146 g/mol. The predicted molar refractivity (Wildman–Crippen MR) is 44.3 cm³/mol. The Morgan fingerprint density at radius 2 is 2.20 bits per heavy atom. The second kappa shape index (κ2) is 2.18. The van der Waals surface area contributed by atoms with Crippen molar-refractivity contribution < 1.29 is 4.28 Å². The Bertz CT molecular complexity index is 251. The van der Waals surface area contributed by atoms with Gasteiger partial charge in [0, 0.05) is 4.90 Å². The smallest absolute Gasteiger partial charge is 0.0755 e. The molecule has 0 spiro atoms. The predicted octanol–water partition coefficient (Wildman–Crippen LogP) is 1.95. The molecule has 1 aromatic carbocycles. The van der Waals surface area contributed by atoms with Crippen molar-refractivity contribution in [1.29, 1.82) is 0 Å². The third-order valence-corrected chi connectivity index (χ3v) is 2.97. The summed E-state index contributed by atoms with van der Waals surface area (Å²) < 4.78 is 5.24. The monoisotopic (exact) mass is 155 g/mol. The molecule has 0 aromatic heterocycles. The van der Waals surface area contributed by atoms with Gasteiger partial charge in [-0.15, -0.1) is 0 Å². The normalized spacial score (nSPS) is 25.5. The van der Waals surface area contributed by atoms with Crippen molar-refractivity contribution in [3.63, 3.8) is 0 Å². The van der Waals surface area contributed by atoms with Crippen LogP contribution in [-0.4, -0.2) is 6.26 Å². The lowest BCUT2D eigenvalue weighted by atomic mass is 10.3. The first-order valence-corrected chi connectivity index (χ1v) is 4.84. The zero-order valence-electron chi connectivity index (χ0n) is 5.66. The summed E-state index contributed by atoms with van der Waals surface area (Å²) in [6.07, 6.45) is 2.09. The molecule has 10 heavy (non-hydrogen) atoms. The zero-order chi connectivity index (χ0) is 6.97. The Kier molecular flexibility index (Phi) is 1.32. The lowest BCUT2D eigenvalue weighted by Gasteiger charge is -2.02. The van der Waals surface area contributed by atoms with Gasteiger partial charge in [-0.05, 0) is 18.4 Å². The van der Waals surface area contributed by atoms with Crippen molar-refractivity contribution in [3.8, 4) is 0 Å². The number of hydrogen-bond acceptors (Lipinski definition) is 2. The van der Waals surface area contributed by atoms with Crippen LogP contribution in [0.4, 0.5) is 5.69 Å². The number of fused-ring (bicyclic) bond motifs is 1. The van der Waals surface area contributed by atoms with Crippen LogP contribution in [0.5, 0.6) is 0 Å². The van der Waals surface area contributed by atoms with Crippen LogP contribution >= 0.6 is 11.2 Å². The number of nitrogens with one attached hydrogen (secondary N) is 1. The topological polar surface area (TPSA) is 21.3 Å². The molecule has 1 atom stereocenters. The minimum absolute atomic E-state index is 0.392. The summed E-state index contributed by atoms with van der Waals surface area (Å²) in [4.78, 5) is 1.30. The Morgan fingerprint density at radius 3 is 3.00 bits per heavy atom. The number of thiol groups is 1. The molecule has 0 saturated carbocycles. The quantitative estimate of drug-likeness (QED) is 0.559. The summed E-state index contributed by atoms with van der Waals surface area (Å²) in [5.74, 6) is 0. The van der Waals surface area contributed by atoms with Crippen LogP contribution in [0, 0.1) is 0 Å². The van der Waals surface area contributed by atoms with Gasteiger partial charge in [-0.1, -0.05) is 23.3 Å². The minimum atomic E-state index is -0.392. The van der Waals surface area contributed by atoms with Crippen molar-refractivity contribution >= 4 is 16.9 Å². The van der Waals surface area contributed by atoms with Crippen LogP contribution in [-0.2, 0) is 4.28 Å². The van der Waals surface area contributed by atoms with Crippen molar-refractivity contribution in [2.45, 2.75) is 4.90 Å². The molecule has 0 bridgehead atoms. The maximum Gasteiger partial charge on any atom is 0.0755 e. The lowest BCUT2D eigenvalue weighted by Crippen LogP contribution is -1.85. The fourth-order valence-corrected chi connectivity index (χ4v) is 2.09. The largest absolute Gasteiger partial charge is 0.255 e. The molecule has 0 radical (unpaired) electrons. The van der Waals surface area contributed by atoms with Crippen LogP contribution in [0.15, 0.2) is 29.2 Å². The standard InChI is InChI=1S/C7H9NOS/c1-10-7-5-3-2-4-6(7)8-9-10/h2-5,8,10H,1H3. The van der Waals surface area contributed by atoms with E-state index in [9.17, 15) is 0 Å². The maximum atomic E-state index is 5.24. The number of para-hydroxylation sites is 1. The Morgan fingerprint density at radius 1 is 1.40 bits per heavy atom. The summed E-state index contributed by atoms with van der Waals surface area (Å²) in [6.45, 7) is 0. The van der Waals surface area contributed by atoms with Crippen LogP contribution < -0.4 is 5.48 Å². The van der Waals surface area contributed by atoms with E-state index in [0.29, 0.717) is 0 Å². The summed E-state index contributed by atoms with van der Waals surface area (Å²) in [7, 11) is 0. The average molecular weight is 155 g/mol. The van der Waals surface area contributed by atoms with Gasteiger partial charge < -0.3 is 0 Å². The van der Waals surface area contributed by atoms with Crippen LogP contribution in [0.3, 0.4) is 0 Å². The molecule has 0 aliphatic carbocycles. The van der Waals surface area contributed by atoms with Crippen molar-refractivity contribution in [3.05, 3.63) is 24.3 Å². The number of hydrogen-bond donors (Lipinski definition) is 2. The van der Waals surface area contributed by atoms with Gasteiger partial charge in [-0.3, -0.25) is 5.48 Å². The number of benzene rings is 1. The first kappa shape index (κ1) is 6.07. The van der Waals surface area contributed by atoms with Gasteiger partial charge in [0.2, 0.25) is 0 Å². The maximum absolute atomic E-state index is 5.24. The van der Waals surface area contributed by atoms with E-state index in [-0.39, 0.29) is 0 Å². The van der Waals surface area contributed by atoms with Crippen molar-refractivity contribution in [2.24, 2.45) is 0 Å². The van der Waals surface area contributed by atoms with E-state index in [4.69, 9.17) is 4.28 Å². The first-order chi connectivity index (χ1) is 4.88. The molecule has 0 amide bonds. The molecule has 0 fully saturated rings. The number of anilines is 1. The second-order valence-corrected chi connectivity index (χ2v) is 3.87. The van der Waals surface area contributed by atoms with Gasteiger partial charge in [-0.25, -0.2) is 4.28 Å². The summed E-state index contributed by atoms with van der Waals surface area (Å²) in [5.41, 5.74) is 4.00. The molecule has 1 aromatic rings.